The Morgan fingerprint density at radius 3 is 2.28 bits per heavy atom. The molecule has 0 fully saturated rings. The molecule has 0 spiro atoms. The van der Waals surface area contributed by atoms with Gasteiger partial charge in [-0.1, -0.05) is 24.3 Å². The molecule has 0 aliphatic carbocycles. The van der Waals surface area contributed by atoms with Crippen LogP contribution in [-0.4, -0.2) is 62.1 Å². The number of carboxylic acids is 1. The molecule has 1 amide bonds. The van der Waals surface area contributed by atoms with Gasteiger partial charge in [0, 0.05) is 56.4 Å². The fourth-order valence-corrected chi connectivity index (χ4v) is 2.98. The zero-order chi connectivity index (χ0) is 26.3. The second kappa shape index (κ2) is 11.2. The van der Waals surface area contributed by atoms with Crippen LogP contribution in [0.15, 0.2) is 67.3 Å². The van der Waals surface area contributed by atoms with Crippen molar-refractivity contribution >= 4 is 28.7 Å². The van der Waals surface area contributed by atoms with Gasteiger partial charge < -0.3 is 15.3 Å². The minimum absolute atomic E-state index is 0.0690. The third kappa shape index (κ3) is 6.72. The van der Waals surface area contributed by atoms with Crippen LogP contribution in [0.1, 0.15) is 15.9 Å². The Morgan fingerprint density at radius 1 is 1.03 bits per heavy atom. The molecule has 12 heteroatoms. The van der Waals surface area contributed by atoms with E-state index in [1.54, 1.807) is 49.8 Å². The lowest BCUT2D eigenvalue weighted by molar-refractivity contribution is -0.192. The number of amides is 1. The molecule has 1 aromatic carbocycles. The van der Waals surface area contributed by atoms with Gasteiger partial charge in [0.05, 0.1) is 16.8 Å². The number of carbonyl (C=O) groups excluding carboxylic acids is 1. The summed E-state index contributed by atoms with van der Waals surface area (Å²) in [5.74, 6) is -2.31. The van der Waals surface area contributed by atoms with Crippen molar-refractivity contribution in [2.24, 2.45) is 0 Å². The van der Waals surface area contributed by atoms with Gasteiger partial charge in [-0.3, -0.25) is 9.78 Å². The molecule has 2 N–H and O–H groups in total. The number of anilines is 1. The minimum Gasteiger partial charge on any atom is -0.475 e. The highest BCUT2D eigenvalue weighted by Gasteiger charge is 2.38. The van der Waals surface area contributed by atoms with Gasteiger partial charge in [0.25, 0.3) is 5.91 Å². The Labute approximate surface area is 203 Å². The van der Waals surface area contributed by atoms with E-state index in [2.05, 4.69) is 20.3 Å². The lowest BCUT2D eigenvalue weighted by Crippen LogP contribution is -2.22. The Bertz CT molecular complexity index is 1350. The van der Waals surface area contributed by atoms with Crippen molar-refractivity contribution in [2.75, 3.05) is 19.4 Å². The number of nitrogens with one attached hydrogen (secondary N) is 1. The largest absolute Gasteiger partial charge is 0.490 e. The number of halogens is 3. The van der Waals surface area contributed by atoms with Crippen LogP contribution in [0, 0.1) is 0 Å². The number of benzene rings is 1. The number of pyridine rings is 2. The van der Waals surface area contributed by atoms with Crippen LogP contribution in [0.25, 0.3) is 22.2 Å². The van der Waals surface area contributed by atoms with Gasteiger partial charge >= 0.3 is 12.1 Å². The first-order chi connectivity index (χ1) is 17.1. The third-order valence-corrected chi connectivity index (χ3v) is 4.72. The average molecular weight is 498 g/mol. The summed E-state index contributed by atoms with van der Waals surface area (Å²) in [6.45, 7) is 0.586. The van der Waals surface area contributed by atoms with Crippen LogP contribution >= 0.6 is 0 Å². The van der Waals surface area contributed by atoms with Gasteiger partial charge in [-0.25, -0.2) is 19.7 Å². The van der Waals surface area contributed by atoms with Gasteiger partial charge in [-0.15, -0.1) is 0 Å². The van der Waals surface area contributed by atoms with Crippen molar-refractivity contribution in [2.45, 2.75) is 12.7 Å². The number of hydrogen-bond donors (Lipinski definition) is 2. The highest BCUT2D eigenvalue weighted by Crippen LogP contribution is 2.25. The Balaban J connectivity index is 0.000000454. The SMILES string of the molecule is CN(C)C(=O)c1cc(-c2cnc(NCc3cccnc3)nc2)nc2ccccc12.O=C(O)C(F)(F)F. The molecule has 3 heterocycles. The lowest BCUT2D eigenvalue weighted by atomic mass is 10.0. The second-order valence-electron chi connectivity index (χ2n) is 7.58. The Morgan fingerprint density at radius 2 is 1.69 bits per heavy atom. The monoisotopic (exact) mass is 498 g/mol. The van der Waals surface area contributed by atoms with Gasteiger partial charge in [0.15, 0.2) is 0 Å². The minimum atomic E-state index is -5.08. The van der Waals surface area contributed by atoms with Crippen LogP contribution < -0.4 is 5.32 Å². The fourth-order valence-electron chi connectivity index (χ4n) is 2.98. The number of para-hydroxylation sites is 1. The average Bonchev–Trinajstić information content (AvgIpc) is 2.87. The molecule has 0 unspecified atom stereocenters. The molecule has 0 aliphatic heterocycles. The number of fused-ring (bicyclic) bond motifs is 1. The van der Waals surface area contributed by atoms with Crippen molar-refractivity contribution < 1.29 is 27.9 Å². The van der Waals surface area contributed by atoms with Crippen molar-refractivity contribution in [3.8, 4) is 11.3 Å². The normalized spacial score (nSPS) is 10.8. The molecule has 3 aromatic heterocycles. The second-order valence-corrected chi connectivity index (χ2v) is 7.58. The number of nitrogens with zero attached hydrogens (tertiary/aromatic N) is 5. The summed E-state index contributed by atoms with van der Waals surface area (Å²) in [5, 5.41) is 11.1. The first-order valence-electron chi connectivity index (χ1n) is 10.4. The van der Waals surface area contributed by atoms with Crippen molar-refractivity contribution in [1.82, 2.24) is 24.8 Å². The first-order valence-corrected chi connectivity index (χ1v) is 10.4. The number of carbonyl (C=O) groups is 2. The standard InChI is InChI=1S/C22H20N6O.C2HF3O2/c1-28(2)21(29)18-10-20(27-19-8-4-3-7-17(18)19)16-13-25-22(26-14-16)24-12-15-6-5-9-23-11-15;3-2(4,5)1(6)7/h3-11,13-14H,12H2,1-2H3,(H,24,25,26);(H,6,7). The number of aromatic nitrogens is 4. The number of aliphatic carboxylic acids is 1. The summed E-state index contributed by atoms with van der Waals surface area (Å²) in [7, 11) is 3.48. The van der Waals surface area contributed by atoms with E-state index in [1.807, 2.05) is 36.4 Å². The molecular formula is C24H21F3N6O3. The topological polar surface area (TPSA) is 121 Å². The van der Waals surface area contributed by atoms with Crippen LogP contribution in [0.2, 0.25) is 0 Å². The highest BCUT2D eigenvalue weighted by atomic mass is 19.4. The van der Waals surface area contributed by atoms with Crippen LogP contribution in [0.3, 0.4) is 0 Å². The van der Waals surface area contributed by atoms with Gasteiger partial charge in [0.2, 0.25) is 5.95 Å². The van der Waals surface area contributed by atoms with E-state index in [9.17, 15) is 18.0 Å². The lowest BCUT2D eigenvalue weighted by Gasteiger charge is -2.14. The van der Waals surface area contributed by atoms with Crippen LogP contribution in [0.4, 0.5) is 19.1 Å². The van der Waals surface area contributed by atoms with E-state index < -0.39 is 12.1 Å². The van der Waals surface area contributed by atoms with Crippen molar-refractivity contribution in [3.05, 3.63) is 78.4 Å². The predicted octanol–water partition coefficient (Wildman–Crippen LogP) is 4.03. The van der Waals surface area contributed by atoms with E-state index >= 15 is 0 Å². The number of alkyl halides is 3. The van der Waals surface area contributed by atoms with E-state index in [1.165, 1.54) is 0 Å². The van der Waals surface area contributed by atoms with E-state index in [4.69, 9.17) is 14.9 Å². The smallest absolute Gasteiger partial charge is 0.475 e. The maximum atomic E-state index is 12.7. The number of carboxylic acid groups (broad SMARTS) is 1. The third-order valence-electron chi connectivity index (χ3n) is 4.72. The summed E-state index contributed by atoms with van der Waals surface area (Å²) >= 11 is 0. The van der Waals surface area contributed by atoms with Gasteiger partial charge in [0.1, 0.15) is 0 Å². The molecule has 4 rings (SSSR count). The number of hydrogen-bond acceptors (Lipinski definition) is 7. The Hall–Kier alpha value is -4.61. The maximum Gasteiger partial charge on any atom is 0.490 e. The Kier molecular flexibility index (Phi) is 8.10. The van der Waals surface area contributed by atoms with E-state index in [0.29, 0.717) is 23.8 Å². The molecule has 0 atom stereocenters. The molecule has 0 saturated heterocycles. The molecular weight excluding hydrogens is 477 g/mol. The van der Waals surface area contributed by atoms with Crippen LogP contribution in [-0.2, 0) is 11.3 Å². The first kappa shape index (κ1) is 26.0. The molecule has 186 valence electrons. The van der Waals surface area contributed by atoms with Gasteiger partial charge in [-0.05, 0) is 23.8 Å². The zero-order valence-corrected chi connectivity index (χ0v) is 19.2. The van der Waals surface area contributed by atoms with Crippen molar-refractivity contribution in [3.63, 3.8) is 0 Å². The predicted molar refractivity (Wildman–Crippen MR) is 126 cm³/mol. The van der Waals surface area contributed by atoms with Gasteiger partial charge in [-0.2, -0.15) is 13.2 Å². The fraction of sp³-hybridized carbons (Fsp3) is 0.167. The molecule has 0 radical (unpaired) electrons. The van der Waals surface area contributed by atoms with E-state index in [-0.39, 0.29) is 5.91 Å². The quantitative estimate of drug-likeness (QED) is 0.423. The van der Waals surface area contributed by atoms with E-state index in [0.717, 1.165) is 22.0 Å². The van der Waals surface area contributed by atoms with Crippen molar-refractivity contribution in [1.29, 1.82) is 0 Å². The summed E-state index contributed by atoms with van der Waals surface area (Å²) in [6.07, 6.45) is 1.86. The number of rotatable bonds is 5. The summed E-state index contributed by atoms with van der Waals surface area (Å²) < 4.78 is 31.7. The zero-order valence-electron chi connectivity index (χ0n) is 19.2. The molecule has 4 aromatic rings. The van der Waals surface area contributed by atoms with Crippen LogP contribution in [0.5, 0.6) is 0 Å². The molecule has 0 saturated carbocycles. The maximum absolute atomic E-state index is 12.7. The molecule has 9 nitrogen and oxygen atoms in total. The summed E-state index contributed by atoms with van der Waals surface area (Å²) in [5.41, 5.74) is 3.81. The highest BCUT2D eigenvalue weighted by molar-refractivity contribution is 6.07. The summed E-state index contributed by atoms with van der Waals surface area (Å²) in [6, 6.07) is 13.3. The molecule has 36 heavy (non-hydrogen) atoms. The summed E-state index contributed by atoms with van der Waals surface area (Å²) in [4.78, 5) is 40.7. The molecule has 0 aliphatic rings. The molecule has 0 bridgehead atoms.